The van der Waals surface area contributed by atoms with Gasteiger partial charge in [-0.15, -0.1) is 11.3 Å². The third kappa shape index (κ3) is 2.51. The van der Waals surface area contributed by atoms with Crippen molar-refractivity contribution in [2.24, 2.45) is 0 Å². The zero-order chi connectivity index (χ0) is 17.6. The monoisotopic (exact) mass is 356 g/mol. The molecule has 6 nitrogen and oxygen atoms in total. The molecule has 0 aliphatic carbocycles. The van der Waals surface area contributed by atoms with Crippen LogP contribution in [0.15, 0.2) is 35.1 Å². The van der Waals surface area contributed by atoms with Crippen LogP contribution in [0.1, 0.15) is 18.3 Å². The smallest absolute Gasteiger partial charge is 0.329 e. The van der Waals surface area contributed by atoms with Crippen molar-refractivity contribution in [1.29, 1.82) is 0 Å². The Morgan fingerprint density at radius 2 is 2.04 bits per heavy atom. The third-order valence-corrected chi connectivity index (χ3v) is 5.62. The van der Waals surface area contributed by atoms with Crippen LogP contribution in [-0.4, -0.2) is 29.7 Å². The number of nitrogens with zero attached hydrogens (tertiary/aromatic N) is 2. The number of esters is 1. The van der Waals surface area contributed by atoms with E-state index < -0.39 is 12.0 Å². The van der Waals surface area contributed by atoms with Gasteiger partial charge in [-0.2, -0.15) is 0 Å². The van der Waals surface area contributed by atoms with Crippen molar-refractivity contribution in [3.63, 3.8) is 0 Å². The maximum atomic E-state index is 12.9. The van der Waals surface area contributed by atoms with Gasteiger partial charge in [-0.05, 0) is 42.3 Å². The lowest BCUT2D eigenvalue weighted by Crippen LogP contribution is -2.28. The molecule has 0 radical (unpaired) electrons. The van der Waals surface area contributed by atoms with E-state index in [4.69, 9.17) is 9.47 Å². The summed E-state index contributed by atoms with van der Waals surface area (Å²) in [5.74, 6) is 1.03. The molecule has 25 heavy (non-hydrogen) atoms. The first-order chi connectivity index (χ1) is 12.1. The van der Waals surface area contributed by atoms with E-state index in [9.17, 15) is 9.59 Å². The fraction of sp³-hybridized carbons (Fsp3) is 0.278. The maximum absolute atomic E-state index is 12.9. The molecule has 3 heterocycles. The Morgan fingerprint density at radius 1 is 1.28 bits per heavy atom. The highest BCUT2D eigenvalue weighted by Gasteiger charge is 2.32. The van der Waals surface area contributed by atoms with Gasteiger partial charge in [0, 0.05) is 11.3 Å². The van der Waals surface area contributed by atoms with Crippen molar-refractivity contribution >= 4 is 27.5 Å². The third-order valence-electron chi connectivity index (χ3n) is 4.45. The molecule has 128 valence electrons. The number of aryl methyl sites for hydroxylation is 1. The van der Waals surface area contributed by atoms with Gasteiger partial charge in [0.05, 0.1) is 19.7 Å². The van der Waals surface area contributed by atoms with Gasteiger partial charge in [0.1, 0.15) is 22.3 Å². The van der Waals surface area contributed by atoms with E-state index in [0.29, 0.717) is 28.9 Å². The standard InChI is InChI=1S/C18H16N2O4S/c1-23-11-5-3-10(4-6-11)14-9-12-16(25-14)17(21)20-13(18(22)24-2)7-8-15(20)19-12/h3-6,9,13H,7-8H2,1-2H3/t13-/m0/s1. The van der Waals surface area contributed by atoms with Gasteiger partial charge < -0.3 is 9.47 Å². The molecule has 1 aliphatic rings. The van der Waals surface area contributed by atoms with Crippen molar-refractivity contribution in [3.8, 4) is 16.2 Å². The Morgan fingerprint density at radius 3 is 2.72 bits per heavy atom. The molecule has 2 aromatic heterocycles. The van der Waals surface area contributed by atoms with Gasteiger partial charge in [-0.25, -0.2) is 9.78 Å². The number of fused-ring (bicyclic) bond motifs is 2. The molecule has 0 fully saturated rings. The van der Waals surface area contributed by atoms with Crippen LogP contribution >= 0.6 is 11.3 Å². The van der Waals surface area contributed by atoms with E-state index in [-0.39, 0.29) is 5.56 Å². The second-order valence-corrected chi connectivity index (χ2v) is 6.89. The first kappa shape index (κ1) is 15.8. The molecule has 4 rings (SSSR count). The van der Waals surface area contributed by atoms with Crippen LogP contribution in [0.3, 0.4) is 0 Å². The highest BCUT2D eigenvalue weighted by Crippen LogP contribution is 2.34. The van der Waals surface area contributed by atoms with Crippen LogP contribution < -0.4 is 10.3 Å². The molecule has 0 amide bonds. The number of rotatable bonds is 3. The Bertz CT molecular complexity index is 1020. The number of carbonyl (C=O) groups excluding carboxylic acids is 1. The fourth-order valence-electron chi connectivity index (χ4n) is 3.19. The minimum absolute atomic E-state index is 0.169. The number of ether oxygens (including phenoxy) is 2. The Kier molecular flexibility index (Phi) is 3.80. The highest BCUT2D eigenvalue weighted by atomic mass is 32.1. The summed E-state index contributed by atoms with van der Waals surface area (Å²) >= 11 is 1.39. The van der Waals surface area contributed by atoms with E-state index in [1.165, 1.54) is 23.0 Å². The summed E-state index contributed by atoms with van der Waals surface area (Å²) in [6, 6.07) is 9.02. The van der Waals surface area contributed by atoms with Gasteiger partial charge in [-0.3, -0.25) is 9.36 Å². The lowest BCUT2D eigenvalue weighted by Gasteiger charge is -2.11. The van der Waals surface area contributed by atoms with E-state index in [1.54, 1.807) is 7.11 Å². The average Bonchev–Trinajstić information content (AvgIpc) is 3.26. The van der Waals surface area contributed by atoms with Crippen LogP contribution in [0.4, 0.5) is 0 Å². The van der Waals surface area contributed by atoms with Crippen LogP contribution in [0, 0.1) is 0 Å². The molecule has 0 spiro atoms. The van der Waals surface area contributed by atoms with Crippen molar-refractivity contribution in [2.45, 2.75) is 18.9 Å². The Balaban J connectivity index is 1.83. The van der Waals surface area contributed by atoms with Gasteiger partial charge >= 0.3 is 5.97 Å². The summed E-state index contributed by atoms with van der Waals surface area (Å²) in [5, 5.41) is 0. The van der Waals surface area contributed by atoms with Crippen LogP contribution in [0.25, 0.3) is 20.7 Å². The molecule has 0 saturated heterocycles. The number of carbonyl (C=O) groups is 1. The van der Waals surface area contributed by atoms with Crippen LogP contribution in [0.2, 0.25) is 0 Å². The summed E-state index contributed by atoms with van der Waals surface area (Å²) in [5.41, 5.74) is 1.51. The first-order valence-corrected chi connectivity index (χ1v) is 8.71. The number of aromatic nitrogens is 2. The zero-order valence-corrected chi connectivity index (χ0v) is 14.6. The molecular weight excluding hydrogens is 340 g/mol. The number of hydrogen-bond donors (Lipinski definition) is 0. The molecule has 3 aromatic rings. The first-order valence-electron chi connectivity index (χ1n) is 7.89. The topological polar surface area (TPSA) is 70.4 Å². The molecule has 1 aliphatic heterocycles. The number of benzene rings is 1. The summed E-state index contributed by atoms with van der Waals surface area (Å²) in [6.45, 7) is 0. The second-order valence-electron chi connectivity index (χ2n) is 5.83. The predicted molar refractivity (Wildman–Crippen MR) is 95.2 cm³/mol. The minimum atomic E-state index is -0.573. The van der Waals surface area contributed by atoms with Crippen LogP contribution in [-0.2, 0) is 16.0 Å². The van der Waals surface area contributed by atoms with Crippen molar-refractivity contribution < 1.29 is 14.3 Å². The lowest BCUT2D eigenvalue weighted by atomic mass is 10.2. The Hall–Kier alpha value is -2.67. The number of thiophene rings is 1. The minimum Gasteiger partial charge on any atom is -0.497 e. The number of methoxy groups -OCH3 is 2. The fourth-order valence-corrected chi connectivity index (χ4v) is 4.23. The van der Waals surface area contributed by atoms with Crippen LogP contribution in [0.5, 0.6) is 5.75 Å². The molecule has 0 unspecified atom stereocenters. The highest BCUT2D eigenvalue weighted by molar-refractivity contribution is 7.22. The Labute approximate surface area is 147 Å². The normalized spacial score (nSPS) is 16.0. The quantitative estimate of drug-likeness (QED) is 0.675. The van der Waals surface area contributed by atoms with Gasteiger partial charge in [0.25, 0.3) is 5.56 Å². The van der Waals surface area contributed by atoms with E-state index in [1.807, 2.05) is 30.3 Å². The molecular formula is C18H16N2O4S. The maximum Gasteiger partial charge on any atom is 0.329 e. The lowest BCUT2D eigenvalue weighted by molar-refractivity contribution is -0.144. The van der Waals surface area contributed by atoms with Crippen molar-refractivity contribution in [2.75, 3.05) is 14.2 Å². The predicted octanol–water partition coefficient (Wildman–Crippen LogP) is 2.79. The summed E-state index contributed by atoms with van der Waals surface area (Å²) in [4.78, 5) is 30.4. The summed E-state index contributed by atoms with van der Waals surface area (Å²) in [7, 11) is 2.96. The van der Waals surface area contributed by atoms with E-state index in [0.717, 1.165) is 16.2 Å². The SMILES string of the molecule is COC(=O)[C@@H]1CCc2nc3cc(-c4ccc(OC)cc4)sc3c(=O)n21. The molecule has 0 saturated carbocycles. The number of hydrogen-bond acceptors (Lipinski definition) is 6. The van der Waals surface area contributed by atoms with Crippen molar-refractivity contribution in [1.82, 2.24) is 9.55 Å². The molecule has 0 N–H and O–H groups in total. The molecule has 7 heteroatoms. The molecule has 0 bridgehead atoms. The summed E-state index contributed by atoms with van der Waals surface area (Å²) in [6.07, 6.45) is 1.15. The van der Waals surface area contributed by atoms with E-state index >= 15 is 0 Å². The van der Waals surface area contributed by atoms with Crippen molar-refractivity contribution in [3.05, 3.63) is 46.5 Å². The molecule has 1 aromatic carbocycles. The average molecular weight is 356 g/mol. The van der Waals surface area contributed by atoms with Gasteiger partial charge in [-0.1, -0.05) is 0 Å². The largest absolute Gasteiger partial charge is 0.497 e. The van der Waals surface area contributed by atoms with E-state index in [2.05, 4.69) is 4.98 Å². The zero-order valence-electron chi connectivity index (χ0n) is 13.8. The summed E-state index contributed by atoms with van der Waals surface area (Å²) < 4.78 is 12.0. The molecule has 1 atom stereocenters. The van der Waals surface area contributed by atoms with Gasteiger partial charge in [0.2, 0.25) is 0 Å². The second kappa shape index (κ2) is 6.00. The van der Waals surface area contributed by atoms with Gasteiger partial charge in [0.15, 0.2) is 0 Å².